The van der Waals surface area contributed by atoms with Gasteiger partial charge in [0.25, 0.3) is 0 Å². The van der Waals surface area contributed by atoms with E-state index in [0.717, 1.165) is 30.0 Å². The number of carbonyl (C=O) groups excluding carboxylic acids is 2. The van der Waals surface area contributed by atoms with Crippen LogP contribution in [0.4, 0.5) is 11.4 Å². The van der Waals surface area contributed by atoms with Crippen LogP contribution < -0.4 is 10.2 Å². The summed E-state index contributed by atoms with van der Waals surface area (Å²) in [6.45, 7) is 1.90. The Hall–Kier alpha value is -3.13. The molecule has 5 rings (SSSR count). The van der Waals surface area contributed by atoms with Crippen molar-refractivity contribution in [1.82, 2.24) is 14.8 Å². The maximum Gasteiger partial charge on any atom is 0.237 e. The van der Waals surface area contributed by atoms with Crippen molar-refractivity contribution in [2.45, 2.75) is 43.3 Å². The van der Waals surface area contributed by atoms with Crippen molar-refractivity contribution in [3.8, 4) is 5.69 Å². The molecule has 8 heteroatoms. The molecule has 0 spiro atoms. The Kier molecular flexibility index (Phi) is 5.23. The Bertz CT molecular complexity index is 1130. The summed E-state index contributed by atoms with van der Waals surface area (Å²) >= 11 is 1.39. The maximum absolute atomic E-state index is 13.3. The summed E-state index contributed by atoms with van der Waals surface area (Å²) < 4.78 is 2.07. The van der Waals surface area contributed by atoms with E-state index in [1.54, 1.807) is 4.90 Å². The molecule has 1 fully saturated rings. The summed E-state index contributed by atoms with van der Waals surface area (Å²) in [5.41, 5.74) is 2.40. The van der Waals surface area contributed by atoms with Crippen molar-refractivity contribution >= 4 is 35.0 Å². The normalized spacial score (nSPS) is 18.3. The fourth-order valence-electron chi connectivity index (χ4n) is 3.96. The van der Waals surface area contributed by atoms with Gasteiger partial charge in [0.1, 0.15) is 5.82 Å². The van der Waals surface area contributed by atoms with Crippen LogP contribution in [0.3, 0.4) is 0 Å². The third-order valence-corrected chi connectivity index (χ3v) is 6.48. The molecule has 2 heterocycles. The smallest absolute Gasteiger partial charge is 0.237 e. The number of carbonyl (C=O) groups is 2. The molecule has 3 aromatic rings. The first-order valence-electron chi connectivity index (χ1n) is 10.5. The molecule has 1 aromatic heterocycles. The highest BCUT2D eigenvalue weighted by Gasteiger charge is 2.32. The molecular weight excluding hydrogens is 410 g/mol. The number of benzene rings is 2. The van der Waals surface area contributed by atoms with Gasteiger partial charge in [0.2, 0.25) is 11.8 Å². The molecule has 0 bridgehead atoms. The highest BCUT2D eigenvalue weighted by atomic mass is 32.2. The predicted molar refractivity (Wildman–Crippen MR) is 121 cm³/mol. The van der Waals surface area contributed by atoms with E-state index in [1.807, 2.05) is 61.5 Å². The van der Waals surface area contributed by atoms with Crippen LogP contribution in [-0.4, -0.2) is 38.4 Å². The quantitative estimate of drug-likeness (QED) is 0.615. The number of nitrogens with one attached hydrogen (secondary N) is 1. The van der Waals surface area contributed by atoms with Crippen molar-refractivity contribution in [2.75, 3.05) is 16.0 Å². The SMILES string of the molecule is C[C@H]1CC(=O)Nc2ccccc2N1C(=O)CSc1nnc(C2CC2)n1-c1ccccc1. The van der Waals surface area contributed by atoms with E-state index in [0.29, 0.717) is 16.8 Å². The van der Waals surface area contributed by atoms with Gasteiger partial charge in [-0.05, 0) is 44.0 Å². The zero-order valence-electron chi connectivity index (χ0n) is 17.2. The van der Waals surface area contributed by atoms with Crippen LogP contribution in [-0.2, 0) is 9.59 Å². The third kappa shape index (κ3) is 3.95. The Labute approximate surface area is 184 Å². The molecule has 31 heavy (non-hydrogen) atoms. The van der Waals surface area contributed by atoms with Crippen LogP contribution in [0.25, 0.3) is 5.69 Å². The molecule has 2 amide bonds. The van der Waals surface area contributed by atoms with Crippen LogP contribution in [0, 0.1) is 0 Å². The second-order valence-corrected chi connectivity index (χ2v) is 8.90. The summed E-state index contributed by atoms with van der Waals surface area (Å²) in [4.78, 5) is 27.2. The van der Waals surface area contributed by atoms with Crippen LogP contribution >= 0.6 is 11.8 Å². The standard InChI is InChI=1S/C23H23N5O2S/c1-15-13-20(29)24-18-9-5-6-10-19(18)27(15)21(30)14-31-23-26-25-22(16-11-12-16)28(23)17-7-3-2-4-8-17/h2-10,15-16H,11-14H2,1H3,(H,24,29)/t15-/m0/s1. The van der Waals surface area contributed by atoms with Gasteiger partial charge in [-0.1, -0.05) is 42.1 Å². The number of rotatable bonds is 5. The van der Waals surface area contributed by atoms with Gasteiger partial charge in [-0.3, -0.25) is 14.2 Å². The predicted octanol–water partition coefficient (Wildman–Crippen LogP) is 4.00. The number of aromatic nitrogens is 3. The van der Waals surface area contributed by atoms with Crippen LogP contribution in [0.1, 0.15) is 37.9 Å². The molecule has 1 N–H and O–H groups in total. The molecular formula is C23H23N5O2S. The fourth-order valence-corrected chi connectivity index (χ4v) is 4.78. The van der Waals surface area contributed by atoms with E-state index in [9.17, 15) is 9.59 Å². The maximum atomic E-state index is 13.3. The zero-order valence-corrected chi connectivity index (χ0v) is 18.0. The molecule has 2 aliphatic rings. The summed E-state index contributed by atoms with van der Waals surface area (Å²) in [6, 6.07) is 17.2. The average molecular weight is 434 g/mol. The number of para-hydroxylation sites is 3. The molecule has 1 aliphatic heterocycles. The lowest BCUT2D eigenvalue weighted by molar-refractivity contribution is -0.117. The van der Waals surface area contributed by atoms with Crippen molar-refractivity contribution in [2.24, 2.45) is 0 Å². The number of hydrogen-bond acceptors (Lipinski definition) is 5. The van der Waals surface area contributed by atoms with Crippen LogP contribution in [0.5, 0.6) is 0 Å². The van der Waals surface area contributed by atoms with Crippen molar-refractivity contribution in [3.63, 3.8) is 0 Å². The number of thioether (sulfide) groups is 1. The second kappa shape index (κ2) is 8.19. The molecule has 0 saturated heterocycles. The van der Waals surface area contributed by atoms with E-state index in [-0.39, 0.29) is 30.0 Å². The van der Waals surface area contributed by atoms with Crippen molar-refractivity contribution in [1.29, 1.82) is 0 Å². The lowest BCUT2D eigenvalue weighted by atomic mass is 10.2. The monoisotopic (exact) mass is 433 g/mol. The molecule has 1 saturated carbocycles. The van der Waals surface area contributed by atoms with E-state index >= 15 is 0 Å². The summed E-state index contributed by atoms with van der Waals surface area (Å²) in [6.07, 6.45) is 2.51. The van der Waals surface area contributed by atoms with Gasteiger partial charge in [0, 0.05) is 24.1 Å². The molecule has 1 aliphatic carbocycles. The van der Waals surface area contributed by atoms with Gasteiger partial charge in [-0.25, -0.2) is 0 Å². The first kappa shape index (κ1) is 19.8. The topological polar surface area (TPSA) is 80.1 Å². The minimum absolute atomic E-state index is 0.0583. The Morgan fingerprint density at radius 1 is 1.10 bits per heavy atom. The Morgan fingerprint density at radius 2 is 1.84 bits per heavy atom. The zero-order chi connectivity index (χ0) is 21.4. The number of anilines is 2. The average Bonchev–Trinajstić information content (AvgIpc) is 3.54. The first-order valence-corrected chi connectivity index (χ1v) is 11.4. The highest BCUT2D eigenvalue weighted by Crippen LogP contribution is 2.41. The summed E-state index contributed by atoms with van der Waals surface area (Å²) in [5, 5.41) is 12.4. The van der Waals surface area contributed by atoms with Crippen LogP contribution in [0.15, 0.2) is 59.8 Å². The third-order valence-electron chi connectivity index (χ3n) is 5.57. The summed E-state index contributed by atoms with van der Waals surface area (Å²) in [7, 11) is 0. The van der Waals surface area contributed by atoms with Crippen molar-refractivity contribution in [3.05, 3.63) is 60.4 Å². The Morgan fingerprint density at radius 3 is 2.61 bits per heavy atom. The lowest BCUT2D eigenvalue weighted by Gasteiger charge is -2.27. The molecule has 7 nitrogen and oxygen atoms in total. The fraction of sp³-hybridized carbons (Fsp3) is 0.304. The van der Waals surface area contributed by atoms with E-state index < -0.39 is 0 Å². The van der Waals surface area contributed by atoms with Gasteiger partial charge in [-0.15, -0.1) is 10.2 Å². The van der Waals surface area contributed by atoms with Gasteiger partial charge in [0.05, 0.1) is 17.1 Å². The molecule has 0 unspecified atom stereocenters. The van der Waals surface area contributed by atoms with Crippen LogP contribution in [0.2, 0.25) is 0 Å². The molecule has 0 radical (unpaired) electrons. The van der Waals surface area contributed by atoms with E-state index in [2.05, 4.69) is 20.1 Å². The molecule has 1 atom stereocenters. The number of amides is 2. The highest BCUT2D eigenvalue weighted by molar-refractivity contribution is 7.99. The lowest BCUT2D eigenvalue weighted by Crippen LogP contribution is -2.40. The second-order valence-electron chi connectivity index (χ2n) is 7.96. The van der Waals surface area contributed by atoms with Gasteiger partial charge in [0.15, 0.2) is 5.16 Å². The Balaban J connectivity index is 1.41. The minimum Gasteiger partial charge on any atom is -0.324 e. The number of hydrogen-bond donors (Lipinski definition) is 1. The molecule has 2 aromatic carbocycles. The van der Waals surface area contributed by atoms with E-state index in [1.165, 1.54) is 11.8 Å². The molecule has 158 valence electrons. The minimum atomic E-state index is -0.231. The van der Waals surface area contributed by atoms with Gasteiger partial charge in [-0.2, -0.15) is 0 Å². The number of fused-ring (bicyclic) bond motifs is 1. The summed E-state index contributed by atoms with van der Waals surface area (Å²) in [5.74, 6) is 1.47. The van der Waals surface area contributed by atoms with Crippen molar-refractivity contribution < 1.29 is 9.59 Å². The number of nitrogens with zero attached hydrogens (tertiary/aromatic N) is 4. The van der Waals surface area contributed by atoms with Gasteiger partial charge < -0.3 is 10.2 Å². The van der Waals surface area contributed by atoms with Gasteiger partial charge >= 0.3 is 0 Å². The first-order chi connectivity index (χ1) is 15.1. The largest absolute Gasteiger partial charge is 0.324 e. The van der Waals surface area contributed by atoms with E-state index in [4.69, 9.17) is 0 Å².